The molecule has 0 aromatic carbocycles. The van der Waals surface area contributed by atoms with Crippen LogP contribution in [-0.4, -0.2) is 53.8 Å². The highest BCUT2D eigenvalue weighted by Crippen LogP contribution is 2.17. The Morgan fingerprint density at radius 2 is 2.19 bits per heavy atom. The molecule has 0 radical (unpaired) electrons. The molecule has 2 heterocycles. The van der Waals surface area contributed by atoms with Gasteiger partial charge in [0.05, 0.1) is 12.6 Å². The van der Waals surface area contributed by atoms with Gasteiger partial charge < -0.3 is 20.1 Å². The highest BCUT2D eigenvalue weighted by Gasteiger charge is 2.34. The van der Waals surface area contributed by atoms with Crippen LogP contribution >= 0.6 is 0 Å². The molecule has 2 atom stereocenters. The van der Waals surface area contributed by atoms with E-state index in [1.54, 1.807) is 0 Å². The van der Waals surface area contributed by atoms with Gasteiger partial charge in [-0.25, -0.2) is 9.59 Å². The molecule has 2 amide bonds. The second-order valence-corrected chi connectivity index (χ2v) is 4.20. The molecule has 0 aliphatic carbocycles. The zero-order valence-electron chi connectivity index (χ0n) is 9.02. The highest BCUT2D eigenvalue weighted by molar-refractivity contribution is 5.83. The number of hydrogen-bond donors (Lipinski definition) is 2. The lowest BCUT2D eigenvalue weighted by atomic mass is 10.2. The predicted molar refractivity (Wildman–Crippen MR) is 55.1 cm³/mol. The summed E-state index contributed by atoms with van der Waals surface area (Å²) in [6.45, 7) is 1.71. The van der Waals surface area contributed by atoms with Crippen LogP contribution < -0.4 is 5.32 Å². The standard InChI is InChI=1S/C10H16N2O4/c13-9(14)8-2-1-4-12(8)10(15)11-7-3-5-16-6-7/h7-8H,1-6H2,(H,11,15)(H,13,14)/t7?,8-/m0/s1. The van der Waals surface area contributed by atoms with Crippen LogP contribution in [-0.2, 0) is 9.53 Å². The Balaban J connectivity index is 1.90. The topological polar surface area (TPSA) is 78.9 Å². The minimum Gasteiger partial charge on any atom is -0.480 e. The number of urea groups is 1. The number of carbonyl (C=O) groups excluding carboxylic acids is 1. The molecule has 16 heavy (non-hydrogen) atoms. The Labute approximate surface area is 93.6 Å². The van der Waals surface area contributed by atoms with E-state index in [-0.39, 0.29) is 12.1 Å². The molecule has 90 valence electrons. The number of likely N-dealkylation sites (tertiary alicyclic amines) is 1. The lowest BCUT2D eigenvalue weighted by molar-refractivity contribution is -0.141. The number of rotatable bonds is 2. The van der Waals surface area contributed by atoms with Crippen molar-refractivity contribution in [3.05, 3.63) is 0 Å². The number of aliphatic carboxylic acids is 1. The predicted octanol–water partition coefficient (Wildman–Crippen LogP) is 0.0339. The maximum atomic E-state index is 11.8. The fraction of sp³-hybridized carbons (Fsp3) is 0.800. The molecule has 0 spiro atoms. The molecule has 2 aliphatic rings. The third kappa shape index (κ3) is 2.27. The summed E-state index contributed by atoms with van der Waals surface area (Å²) in [6.07, 6.45) is 2.10. The number of carboxylic acids is 1. The quantitative estimate of drug-likeness (QED) is 0.699. The maximum absolute atomic E-state index is 11.8. The molecule has 0 bridgehead atoms. The minimum atomic E-state index is -0.921. The fourth-order valence-electron chi connectivity index (χ4n) is 2.17. The molecule has 2 N–H and O–H groups in total. The first kappa shape index (κ1) is 11.2. The number of hydrogen-bond acceptors (Lipinski definition) is 3. The van der Waals surface area contributed by atoms with Gasteiger partial charge in [0.1, 0.15) is 6.04 Å². The summed E-state index contributed by atoms with van der Waals surface area (Å²) in [5, 5.41) is 11.8. The number of amides is 2. The Morgan fingerprint density at radius 3 is 2.81 bits per heavy atom. The number of nitrogens with zero attached hydrogens (tertiary/aromatic N) is 1. The minimum absolute atomic E-state index is 0.0301. The van der Waals surface area contributed by atoms with E-state index in [9.17, 15) is 9.59 Å². The number of nitrogens with one attached hydrogen (secondary N) is 1. The van der Waals surface area contributed by atoms with E-state index < -0.39 is 12.0 Å². The Kier molecular flexibility index (Phi) is 3.28. The molecular formula is C10H16N2O4. The number of ether oxygens (including phenoxy) is 1. The first-order chi connectivity index (χ1) is 7.68. The Morgan fingerprint density at radius 1 is 1.38 bits per heavy atom. The molecule has 2 aliphatic heterocycles. The van der Waals surface area contributed by atoms with Gasteiger partial charge in [-0.3, -0.25) is 0 Å². The van der Waals surface area contributed by atoms with Gasteiger partial charge in [-0.2, -0.15) is 0 Å². The van der Waals surface area contributed by atoms with Gasteiger partial charge in [-0.15, -0.1) is 0 Å². The Bertz CT molecular complexity index is 289. The van der Waals surface area contributed by atoms with Gasteiger partial charge in [0.2, 0.25) is 0 Å². The summed E-state index contributed by atoms with van der Waals surface area (Å²) in [7, 11) is 0. The number of carbonyl (C=O) groups is 2. The lowest BCUT2D eigenvalue weighted by Crippen LogP contribution is -2.49. The van der Waals surface area contributed by atoms with Crippen molar-refractivity contribution in [1.29, 1.82) is 0 Å². The van der Waals surface area contributed by atoms with E-state index in [2.05, 4.69) is 5.32 Å². The van der Waals surface area contributed by atoms with E-state index in [0.717, 1.165) is 12.8 Å². The van der Waals surface area contributed by atoms with Gasteiger partial charge in [-0.1, -0.05) is 0 Å². The molecule has 0 aromatic rings. The third-order valence-electron chi connectivity index (χ3n) is 3.06. The molecular weight excluding hydrogens is 212 g/mol. The van der Waals surface area contributed by atoms with Gasteiger partial charge in [-0.05, 0) is 19.3 Å². The normalized spacial score (nSPS) is 29.4. The second kappa shape index (κ2) is 4.69. The molecule has 6 nitrogen and oxygen atoms in total. The maximum Gasteiger partial charge on any atom is 0.326 e. The van der Waals surface area contributed by atoms with Crippen LogP contribution in [0.5, 0.6) is 0 Å². The van der Waals surface area contributed by atoms with Crippen molar-refractivity contribution >= 4 is 12.0 Å². The molecule has 6 heteroatoms. The lowest BCUT2D eigenvalue weighted by Gasteiger charge is -2.23. The largest absolute Gasteiger partial charge is 0.480 e. The van der Waals surface area contributed by atoms with E-state index in [0.29, 0.717) is 26.2 Å². The molecule has 2 rings (SSSR count). The summed E-state index contributed by atoms with van der Waals surface area (Å²) in [4.78, 5) is 24.1. The average molecular weight is 228 g/mol. The molecule has 1 unspecified atom stereocenters. The summed E-state index contributed by atoms with van der Waals surface area (Å²) in [6, 6.07) is -0.912. The molecule has 2 saturated heterocycles. The number of carboxylic acid groups (broad SMARTS) is 1. The zero-order chi connectivity index (χ0) is 11.5. The van der Waals surface area contributed by atoms with Crippen LogP contribution in [0.3, 0.4) is 0 Å². The van der Waals surface area contributed by atoms with Crippen LogP contribution in [0.25, 0.3) is 0 Å². The van der Waals surface area contributed by atoms with E-state index in [4.69, 9.17) is 9.84 Å². The fourth-order valence-corrected chi connectivity index (χ4v) is 2.17. The summed E-state index contributed by atoms with van der Waals surface area (Å²) >= 11 is 0. The second-order valence-electron chi connectivity index (χ2n) is 4.20. The van der Waals surface area contributed by atoms with Crippen molar-refractivity contribution in [1.82, 2.24) is 10.2 Å². The molecule has 2 fully saturated rings. The van der Waals surface area contributed by atoms with Crippen molar-refractivity contribution in [2.24, 2.45) is 0 Å². The third-order valence-corrected chi connectivity index (χ3v) is 3.06. The summed E-state index contributed by atoms with van der Waals surface area (Å²) < 4.78 is 5.15. The summed E-state index contributed by atoms with van der Waals surface area (Å²) in [5.74, 6) is -0.921. The highest BCUT2D eigenvalue weighted by atomic mass is 16.5. The summed E-state index contributed by atoms with van der Waals surface area (Å²) in [5.41, 5.74) is 0. The van der Waals surface area contributed by atoms with Gasteiger partial charge >= 0.3 is 12.0 Å². The van der Waals surface area contributed by atoms with Crippen LogP contribution in [0.2, 0.25) is 0 Å². The average Bonchev–Trinajstić information content (AvgIpc) is 2.86. The van der Waals surface area contributed by atoms with Crippen LogP contribution in [0.4, 0.5) is 4.79 Å². The van der Waals surface area contributed by atoms with Crippen molar-refractivity contribution < 1.29 is 19.4 Å². The van der Waals surface area contributed by atoms with Gasteiger partial charge in [0.25, 0.3) is 0 Å². The monoisotopic (exact) mass is 228 g/mol. The van der Waals surface area contributed by atoms with Crippen molar-refractivity contribution in [3.63, 3.8) is 0 Å². The smallest absolute Gasteiger partial charge is 0.326 e. The van der Waals surface area contributed by atoms with Crippen molar-refractivity contribution in [3.8, 4) is 0 Å². The van der Waals surface area contributed by atoms with Crippen LogP contribution in [0.15, 0.2) is 0 Å². The van der Waals surface area contributed by atoms with Crippen molar-refractivity contribution in [2.45, 2.75) is 31.3 Å². The first-order valence-corrected chi connectivity index (χ1v) is 5.56. The molecule has 0 saturated carbocycles. The van der Waals surface area contributed by atoms with E-state index in [1.165, 1.54) is 4.90 Å². The Hall–Kier alpha value is -1.30. The van der Waals surface area contributed by atoms with E-state index >= 15 is 0 Å². The zero-order valence-corrected chi connectivity index (χ0v) is 9.02. The first-order valence-electron chi connectivity index (χ1n) is 5.56. The van der Waals surface area contributed by atoms with Crippen LogP contribution in [0.1, 0.15) is 19.3 Å². The van der Waals surface area contributed by atoms with Gasteiger partial charge in [0.15, 0.2) is 0 Å². The van der Waals surface area contributed by atoms with Gasteiger partial charge in [0, 0.05) is 13.2 Å². The van der Waals surface area contributed by atoms with Crippen molar-refractivity contribution in [2.75, 3.05) is 19.8 Å². The molecule has 0 aromatic heterocycles. The van der Waals surface area contributed by atoms with Crippen LogP contribution in [0, 0.1) is 0 Å². The SMILES string of the molecule is O=C(O)[C@@H]1CCCN1C(=O)NC1CCOC1. The van der Waals surface area contributed by atoms with E-state index in [1.807, 2.05) is 0 Å².